The van der Waals surface area contributed by atoms with Crippen LogP contribution in [0.2, 0.25) is 0 Å². The van der Waals surface area contributed by atoms with Crippen molar-refractivity contribution in [2.45, 2.75) is 6.92 Å². The van der Waals surface area contributed by atoms with Gasteiger partial charge in [-0.2, -0.15) is 0 Å². The maximum atomic E-state index is 13.9. The molecule has 0 saturated heterocycles. The van der Waals surface area contributed by atoms with Crippen LogP contribution in [-0.2, 0) is 9.53 Å². The van der Waals surface area contributed by atoms with E-state index in [1.807, 2.05) is 0 Å². The summed E-state index contributed by atoms with van der Waals surface area (Å²) < 4.78 is 30.0. The van der Waals surface area contributed by atoms with Crippen LogP contribution in [0.3, 0.4) is 0 Å². The number of hydrogen-bond donors (Lipinski definition) is 1. The summed E-state index contributed by atoms with van der Waals surface area (Å²) in [5.41, 5.74) is 1.12. The van der Waals surface area contributed by atoms with Gasteiger partial charge in [-0.15, -0.1) is 0 Å². The van der Waals surface area contributed by atoms with Crippen molar-refractivity contribution < 1.29 is 33.0 Å². The van der Waals surface area contributed by atoms with E-state index in [1.165, 1.54) is 24.3 Å². The van der Waals surface area contributed by atoms with Crippen LogP contribution < -0.4 is 14.8 Å². The molecule has 0 spiro atoms. The third kappa shape index (κ3) is 5.01. The predicted octanol–water partition coefficient (Wildman–Crippen LogP) is 3.93. The first-order valence-corrected chi connectivity index (χ1v) is 10.2. The summed E-state index contributed by atoms with van der Waals surface area (Å²) in [4.78, 5) is 37.8. The number of amides is 1. The highest BCUT2D eigenvalue weighted by molar-refractivity contribution is 6.14. The van der Waals surface area contributed by atoms with E-state index in [4.69, 9.17) is 14.2 Å². The van der Waals surface area contributed by atoms with E-state index in [9.17, 15) is 18.8 Å². The molecule has 0 saturated carbocycles. The van der Waals surface area contributed by atoms with Gasteiger partial charge in [0.25, 0.3) is 5.91 Å². The Balaban J connectivity index is 1.46. The molecule has 0 atom stereocenters. The Morgan fingerprint density at radius 2 is 1.67 bits per heavy atom. The number of carbonyl (C=O) groups is 3. The summed E-state index contributed by atoms with van der Waals surface area (Å²) in [5, 5.41) is 2.35. The lowest BCUT2D eigenvalue weighted by atomic mass is 9.98. The summed E-state index contributed by atoms with van der Waals surface area (Å²) in [7, 11) is 0. The van der Waals surface area contributed by atoms with Crippen LogP contribution >= 0.6 is 0 Å². The largest absolute Gasteiger partial charge is 0.486 e. The molecule has 1 heterocycles. The molecule has 0 bridgehead atoms. The first-order chi connectivity index (χ1) is 15.9. The number of nitrogens with one attached hydrogen (secondary N) is 1. The maximum Gasteiger partial charge on any atom is 0.339 e. The molecule has 1 aliphatic rings. The van der Waals surface area contributed by atoms with E-state index in [-0.39, 0.29) is 16.8 Å². The fourth-order valence-corrected chi connectivity index (χ4v) is 3.32. The second kappa shape index (κ2) is 9.52. The van der Waals surface area contributed by atoms with E-state index in [2.05, 4.69) is 5.32 Å². The Morgan fingerprint density at radius 1 is 0.939 bits per heavy atom. The van der Waals surface area contributed by atoms with Crippen LogP contribution in [0, 0.1) is 12.7 Å². The number of carbonyl (C=O) groups excluding carboxylic acids is 3. The van der Waals surface area contributed by atoms with Crippen LogP contribution in [0.25, 0.3) is 0 Å². The van der Waals surface area contributed by atoms with Crippen molar-refractivity contribution >= 4 is 23.3 Å². The molecule has 0 radical (unpaired) electrons. The van der Waals surface area contributed by atoms with Gasteiger partial charge in [0.15, 0.2) is 23.9 Å². The fraction of sp³-hybridized carbons (Fsp3) is 0.160. The lowest BCUT2D eigenvalue weighted by Gasteiger charge is -2.18. The molecule has 168 valence electrons. The third-order valence-electron chi connectivity index (χ3n) is 4.93. The molecule has 8 heteroatoms. The van der Waals surface area contributed by atoms with Crippen molar-refractivity contribution in [1.29, 1.82) is 0 Å². The summed E-state index contributed by atoms with van der Waals surface area (Å²) in [6, 6.07) is 15.3. The van der Waals surface area contributed by atoms with Crippen molar-refractivity contribution in [3.8, 4) is 11.5 Å². The molecule has 0 aromatic heterocycles. The van der Waals surface area contributed by atoms with Crippen molar-refractivity contribution in [3.63, 3.8) is 0 Å². The zero-order chi connectivity index (χ0) is 23.4. The molecular weight excluding hydrogens is 429 g/mol. The monoisotopic (exact) mass is 449 g/mol. The summed E-state index contributed by atoms with van der Waals surface area (Å²) >= 11 is 0. The van der Waals surface area contributed by atoms with Crippen molar-refractivity contribution in [3.05, 3.63) is 88.7 Å². The Morgan fingerprint density at radius 3 is 2.42 bits per heavy atom. The van der Waals surface area contributed by atoms with E-state index in [0.29, 0.717) is 35.8 Å². The zero-order valence-electron chi connectivity index (χ0n) is 17.7. The van der Waals surface area contributed by atoms with Crippen LogP contribution in [0.5, 0.6) is 11.5 Å². The average molecular weight is 449 g/mol. The molecule has 1 N–H and O–H groups in total. The SMILES string of the molecule is Cc1ccc(NC(=O)COC(=O)c2ccccc2C(=O)c2ccc3c(c2)OCCO3)c(F)c1. The van der Waals surface area contributed by atoms with E-state index < -0.39 is 30.1 Å². The van der Waals surface area contributed by atoms with E-state index in [0.717, 1.165) is 0 Å². The van der Waals surface area contributed by atoms with Gasteiger partial charge >= 0.3 is 5.97 Å². The lowest BCUT2D eigenvalue weighted by Crippen LogP contribution is -2.22. The summed E-state index contributed by atoms with van der Waals surface area (Å²) in [6.07, 6.45) is 0. The van der Waals surface area contributed by atoms with Gasteiger partial charge in [-0.25, -0.2) is 9.18 Å². The second-order valence-electron chi connectivity index (χ2n) is 7.34. The smallest absolute Gasteiger partial charge is 0.339 e. The number of benzene rings is 3. The minimum atomic E-state index is -0.851. The molecule has 0 aliphatic carbocycles. The highest BCUT2D eigenvalue weighted by Crippen LogP contribution is 2.31. The van der Waals surface area contributed by atoms with Gasteiger partial charge in [-0.1, -0.05) is 24.3 Å². The van der Waals surface area contributed by atoms with Gasteiger partial charge in [0.05, 0.1) is 11.3 Å². The molecule has 1 aliphatic heterocycles. The highest BCUT2D eigenvalue weighted by atomic mass is 19.1. The standard InChI is InChI=1S/C25H20FNO6/c1-15-6-8-20(19(26)12-15)27-23(28)14-33-25(30)18-5-3-2-4-17(18)24(29)16-7-9-21-22(13-16)32-11-10-31-21/h2-9,12-13H,10-11,14H2,1H3,(H,27,28). The number of hydrogen-bond acceptors (Lipinski definition) is 6. The normalized spacial score (nSPS) is 12.1. The molecule has 4 rings (SSSR count). The number of rotatable bonds is 6. The van der Waals surface area contributed by atoms with Gasteiger partial charge in [0, 0.05) is 11.1 Å². The quantitative estimate of drug-likeness (QED) is 0.453. The van der Waals surface area contributed by atoms with Crippen LogP contribution in [0.4, 0.5) is 10.1 Å². The zero-order valence-corrected chi connectivity index (χ0v) is 17.7. The molecule has 3 aromatic carbocycles. The Bertz CT molecular complexity index is 1240. The van der Waals surface area contributed by atoms with Gasteiger partial charge < -0.3 is 19.5 Å². The van der Waals surface area contributed by atoms with Gasteiger partial charge in [0.1, 0.15) is 19.0 Å². The number of aryl methyl sites for hydroxylation is 1. The molecule has 3 aromatic rings. The van der Waals surface area contributed by atoms with E-state index in [1.54, 1.807) is 43.3 Å². The van der Waals surface area contributed by atoms with Crippen molar-refractivity contribution in [1.82, 2.24) is 0 Å². The third-order valence-corrected chi connectivity index (χ3v) is 4.93. The summed E-state index contributed by atoms with van der Waals surface area (Å²) in [6.45, 7) is 1.89. The topological polar surface area (TPSA) is 90.9 Å². The lowest BCUT2D eigenvalue weighted by molar-refractivity contribution is -0.119. The summed E-state index contributed by atoms with van der Waals surface area (Å²) in [5.74, 6) is -1.57. The predicted molar refractivity (Wildman–Crippen MR) is 117 cm³/mol. The average Bonchev–Trinajstić information content (AvgIpc) is 2.83. The first kappa shape index (κ1) is 22.0. The van der Waals surface area contributed by atoms with Crippen LogP contribution in [0.15, 0.2) is 60.7 Å². The molecule has 0 unspecified atom stereocenters. The van der Waals surface area contributed by atoms with Gasteiger partial charge in [-0.3, -0.25) is 9.59 Å². The maximum absolute atomic E-state index is 13.9. The van der Waals surface area contributed by atoms with Crippen molar-refractivity contribution in [2.75, 3.05) is 25.1 Å². The molecule has 1 amide bonds. The number of anilines is 1. The Labute approximate surface area is 189 Å². The van der Waals surface area contributed by atoms with E-state index >= 15 is 0 Å². The van der Waals surface area contributed by atoms with Crippen LogP contribution in [-0.4, -0.2) is 37.5 Å². The Hall–Kier alpha value is -4.20. The van der Waals surface area contributed by atoms with Gasteiger partial charge in [0.2, 0.25) is 0 Å². The number of ether oxygens (including phenoxy) is 3. The van der Waals surface area contributed by atoms with Crippen molar-refractivity contribution in [2.24, 2.45) is 0 Å². The molecular formula is C25H20FNO6. The highest BCUT2D eigenvalue weighted by Gasteiger charge is 2.22. The number of fused-ring (bicyclic) bond motifs is 1. The second-order valence-corrected chi connectivity index (χ2v) is 7.34. The van der Waals surface area contributed by atoms with Gasteiger partial charge in [-0.05, 0) is 48.9 Å². The molecule has 7 nitrogen and oxygen atoms in total. The fourth-order valence-electron chi connectivity index (χ4n) is 3.32. The van der Waals surface area contributed by atoms with Crippen LogP contribution in [0.1, 0.15) is 31.8 Å². The molecule has 0 fully saturated rings. The minimum Gasteiger partial charge on any atom is -0.486 e. The molecule has 33 heavy (non-hydrogen) atoms. The number of ketones is 1. The minimum absolute atomic E-state index is 0.00621. The first-order valence-electron chi connectivity index (χ1n) is 10.2. The number of esters is 1. The Kier molecular flexibility index (Phi) is 6.35. The number of halogens is 1.